The van der Waals surface area contributed by atoms with Gasteiger partial charge < -0.3 is 10.6 Å². The number of hydrogen-bond acceptors (Lipinski definition) is 3. The number of thiophene rings is 1. The first kappa shape index (κ1) is 18.2. The van der Waals surface area contributed by atoms with Gasteiger partial charge in [0.1, 0.15) is 0 Å². The maximum atomic E-state index is 4.32. The van der Waals surface area contributed by atoms with Gasteiger partial charge in [-0.05, 0) is 45.5 Å². The Morgan fingerprint density at radius 2 is 2.12 bits per heavy atom. The van der Waals surface area contributed by atoms with E-state index in [1.54, 1.807) is 24.6 Å². The molecule has 0 saturated heterocycles. The third-order valence-corrected chi connectivity index (χ3v) is 4.97. The Hall–Kier alpha value is -2.60. The molecule has 0 bridgehead atoms. The van der Waals surface area contributed by atoms with Gasteiger partial charge in [-0.2, -0.15) is 16.4 Å². The number of guanidine groups is 1. The van der Waals surface area contributed by atoms with Crippen LogP contribution in [0.5, 0.6) is 0 Å². The Labute approximate surface area is 158 Å². The lowest BCUT2D eigenvalue weighted by atomic mass is 10.1. The summed E-state index contributed by atoms with van der Waals surface area (Å²) in [6, 6.07) is 12.7. The molecule has 0 fully saturated rings. The minimum atomic E-state index is 0.456. The summed E-state index contributed by atoms with van der Waals surface area (Å²) < 4.78 is 1.93. The molecule has 0 aliphatic rings. The van der Waals surface area contributed by atoms with Gasteiger partial charge in [-0.3, -0.25) is 9.67 Å². The van der Waals surface area contributed by atoms with E-state index in [9.17, 15) is 0 Å². The molecular formula is C20H25N5S. The number of nitrogens with zero attached hydrogens (tertiary/aromatic N) is 3. The molecule has 0 spiro atoms. The molecule has 0 aliphatic carbocycles. The quantitative estimate of drug-likeness (QED) is 0.497. The first-order valence-electron chi connectivity index (χ1n) is 8.76. The van der Waals surface area contributed by atoms with Crippen LogP contribution in [-0.4, -0.2) is 29.3 Å². The summed E-state index contributed by atoms with van der Waals surface area (Å²) in [5, 5.41) is 15.4. The number of hydrogen-bond donors (Lipinski definition) is 2. The van der Waals surface area contributed by atoms with E-state index >= 15 is 0 Å². The van der Waals surface area contributed by atoms with Crippen LogP contribution in [0.3, 0.4) is 0 Å². The van der Waals surface area contributed by atoms with Crippen LogP contribution < -0.4 is 10.6 Å². The Balaban J connectivity index is 1.50. The van der Waals surface area contributed by atoms with Gasteiger partial charge in [-0.15, -0.1) is 0 Å². The van der Waals surface area contributed by atoms with Crippen molar-refractivity contribution in [3.05, 3.63) is 76.2 Å². The maximum absolute atomic E-state index is 4.32. The lowest BCUT2D eigenvalue weighted by molar-refractivity contribution is 0.684. The molecular weight excluding hydrogens is 342 g/mol. The molecule has 2 heterocycles. The van der Waals surface area contributed by atoms with Crippen molar-refractivity contribution in [1.29, 1.82) is 0 Å². The van der Waals surface area contributed by atoms with Gasteiger partial charge in [0, 0.05) is 32.5 Å². The zero-order chi connectivity index (χ0) is 18.2. The molecule has 136 valence electrons. The van der Waals surface area contributed by atoms with E-state index < -0.39 is 0 Å². The van der Waals surface area contributed by atoms with Crippen molar-refractivity contribution in [3.63, 3.8) is 0 Å². The molecule has 2 aromatic heterocycles. The van der Waals surface area contributed by atoms with Crippen molar-refractivity contribution < 1.29 is 0 Å². The number of nitrogens with one attached hydrogen (secondary N) is 2. The second kappa shape index (κ2) is 9.20. The standard InChI is InChI=1S/C20H25N5S/c1-16(19-7-10-26-15-19)12-22-20(21-2)23-13-17-5-3-6-18(11-17)14-25-9-4-8-24-25/h3-11,15-16H,12-14H2,1-2H3,(H2,21,22,23). The van der Waals surface area contributed by atoms with E-state index in [2.05, 4.69) is 68.7 Å². The fraction of sp³-hybridized carbons (Fsp3) is 0.300. The number of rotatable bonds is 7. The molecule has 26 heavy (non-hydrogen) atoms. The molecule has 0 amide bonds. The monoisotopic (exact) mass is 367 g/mol. The minimum absolute atomic E-state index is 0.456. The number of benzene rings is 1. The second-order valence-electron chi connectivity index (χ2n) is 6.29. The van der Waals surface area contributed by atoms with Crippen LogP contribution in [0.1, 0.15) is 29.5 Å². The highest BCUT2D eigenvalue weighted by atomic mass is 32.1. The van der Waals surface area contributed by atoms with Gasteiger partial charge >= 0.3 is 0 Å². The zero-order valence-electron chi connectivity index (χ0n) is 15.2. The fourth-order valence-electron chi connectivity index (χ4n) is 2.75. The number of aliphatic imine (C=N–C) groups is 1. The van der Waals surface area contributed by atoms with Crippen LogP contribution in [-0.2, 0) is 13.1 Å². The Morgan fingerprint density at radius 1 is 1.23 bits per heavy atom. The molecule has 2 N–H and O–H groups in total. The molecule has 6 heteroatoms. The second-order valence-corrected chi connectivity index (χ2v) is 7.07. The average molecular weight is 368 g/mol. The number of aromatic nitrogens is 2. The van der Waals surface area contributed by atoms with Crippen molar-refractivity contribution >= 4 is 17.3 Å². The van der Waals surface area contributed by atoms with Gasteiger partial charge in [0.25, 0.3) is 0 Å². The SMILES string of the molecule is CN=C(NCc1cccc(Cn2cccn2)c1)NCC(C)c1ccsc1. The Bertz CT molecular complexity index is 809. The molecule has 5 nitrogen and oxygen atoms in total. The Morgan fingerprint density at radius 3 is 2.85 bits per heavy atom. The van der Waals surface area contributed by atoms with Crippen LogP contribution in [0.4, 0.5) is 0 Å². The van der Waals surface area contributed by atoms with Crippen molar-refractivity contribution in [2.24, 2.45) is 4.99 Å². The molecule has 0 radical (unpaired) electrons. The van der Waals surface area contributed by atoms with Crippen molar-refractivity contribution in [2.45, 2.75) is 25.9 Å². The van der Waals surface area contributed by atoms with Crippen LogP contribution in [0.25, 0.3) is 0 Å². The lowest BCUT2D eigenvalue weighted by Gasteiger charge is -2.15. The third kappa shape index (κ3) is 5.20. The summed E-state index contributed by atoms with van der Waals surface area (Å²) in [6.07, 6.45) is 3.78. The Kier molecular flexibility index (Phi) is 6.44. The molecule has 1 aromatic carbocycles. The van der Waals surface area contributed by atoms with Crippen LogP contribution in [0.15, 0.2) is 64.5 Å². The fourth-order valence-corrected chi connectivity index (χ4v) is 3.53. The van der Waals surface area contributed by atoms with Gasteiger partial charge in [-0.1, -0.05) is 31.2 Å². The van der Waals surface area contributed by atoms with Crippen molar-refractivity contribution in [1.82, 2.24) is 20.4 Å². The van der Waals surface area contributed by atoms with Gasteiger partial charge in [-0.25, -0.2) is 0 Å². The molecule has 1 atom stereocenters. The van der Waals surface area contributed by atoms with E-state index in [4.69, 9.17) is 0 Å². The largest absolute Gasteiger partial charge is 0.356 e. The van der Waals surface area contributed by atoms with Crippen molar-refractivity contribution in [3.8, 4) is 0 Å². The molecule has 0 saturated carbocycles. The summed E-state index contributed by atoms with van der Waals surface area (Å²) in [7, 11) is 1.80. The summed E-state index contributed by atoms with van der Waals surface area (Å²) in [6.45, 7) is 4.60. The highest BCUT2D eigenvalue weighted by Gasteiger charge is 2.07. The van der Waals surface area contributed by atoms with Crippen LogP contribution in [0, 0.1) is 0 Å². The molecule has 3 rings (SSSR count). The smallest absolute Gasteiger partial charge is 0.191 e. The minimum Gasteiger partial charge on any atom is -0.356 e. The van der Waals surface area contributed by atoms with Gasteiger partial charge in [0.15, 0.2) is 5.96 Å². The van der Waals surface area contributed by atoms with Crippen LogP contribution >= 0.6 is 11.3 Å². The first-order chi connectivity index (χ1) is 12.7. The van der Waals surface area contributed by atoms with Gasteiger partial charge in [0.2, 0.25) is 0 Å². The summed E-state index contributed by atoms with van der Waals surface area (Å²) in [5.74, 6) is 1.28. The summed E-state index contributed by atoms with van der Waals surface area (Å²) >= 11 is 1.74. The van der Waals surface area contributed by atoms with E-state index in [0.29, 0.717) is 5.92 Å². The third-order valence-electron chi connectivity index (χ3n) is 4.27. The predicted molar refractivity (Wildman–Crippen MR) is 109 cm³/mol. The van der Waals surface area contributed by atoms with E-state index in [1.165, 1.54) is 16.7 Å². The lowest BCUT2D eigenvalue weighted by Crippen LogP contribution is -2.38. The average Bonchev–Trinajstić information content (AvgIpc) is 3.36. The normalized spacial score (nSPS) is 12.8. The van der Waals surface area contributed by atoms with Crippen molar-refractivity contribution in [2.75, 3.05) is 13.6 Å². The first-order valence-corrected chi connectivity index (χ1v) is 9.70. The maximum Gasteiger partial charge on any atom is 0.191 e. The highest BCUT2D eigenvalue weighted by molar-refractivity contribution is 7.07. The van der Waals surface area contributed by atoms with E-state index in [-0.39, 0.29) is 0 Å². The summed E-state index contributed by atoms with van der Waals surface area (Å²) in [5.41, 5.74) is 3.83. The summed E-state index contributed by atoms with van der Waals surface area (Å²) in [4.78, 5) is 4.32. The topological polar surface area (TPSA) is 54.2 Å². The zero-order valence-corrected chi connectivity index (χ0v) is 16.0. The highest BCUT2D eigenvalue weighted by Crippen LogP contribution is 2.17. The molecule has 0 aliphatic heterocycles. The van der Waals surface area contributed by atoms with Crippen LogP contribution in [0.2, 0.25) is 0 Å². The van der Waals surface area contributed by atoms with E-state index in [0.717, 1.165) is 25.6 Å². The molecule has 1 unspecified atom stereocenters. The van der Waals surface area contributed by atoms with E-state index in [1.807, 2.05) is 16.9 Å². The van der Waals surface area contributed by atoms with Gasteiger partial charge in [0.05, 0.1) is 6.54 Å². The molecule has 3 aromatic rings. The predicted octanol–water partition coefficient (Wildman–Crippen LogP) is 3.46.